The van der Waals surface area contributed by atoms with Crippen molar-refractivity contribution >= 4 is 5.97 Å². The number of nitrogens with zero attached hydrogens (tertiary/aromatic N) is 1. The summed E-state index contributed by atoms with van der Waals surface area (Å²) >= 11 is 0. The van der Waals surface area contributed by atoms with E-state index >= 15 is 0 Å². The van der Waals surface area contributed by atoms with E-state index in [1.54, 1.807) is 24.3 Å². The summed E-state index contributed by atoms with van der Waals surface area (Å²) in [5, 5.41) is 12.2. The molecule has 0 aromatic heterocycles. The summed E-state index contributed by atoms with van der Waals surface area (Å²) in [6.07, 6.45) is 2.70. The van der Waals surface area contributed by atoms with Gasteiger partial charge >= 0.3 is 5.97 Å². The summed E-state index contributed by atoms with van der Waals surface area (Å²) in [5.41, 5.74) is 0.278. The zero-order valence-electron chi connectivity index (χ0n) is 12.5. The minimum Gasteiger partial charge on any atom is -0.492 e. The monoisotopic (exact) mass is 292 g/mol. The van der Waals surface area contributed by atoms with Crippen molar-refractivity contribution in [3.63, 3.8) is 0 Å². The molecule has 0 spiro atoms. The van der Waals surface area contributed by atoms with Crippen molar-refractivity contribution in [2.45, 2.75) is 25.8 Å². The van der Waals surface area contributed by atoms with Crippen molar-refractivity contribution < 1.29 is 14.6 Å². The second-order valence-corrected chi connectivity index (χ2v) is 5.29. The summed E-state index contributed by atoms with van der Waals surface area (Å²) in [4.78, 5) is 13.2. The highest BCUT2D eigenvalue weighted by molar-refractivity contribution is 5.87. The zero-order chi connectivity index (χ0) is 15.1. The van der Waals surface area contributed by atoms with Gasteiger partial charge in [0, 0.05) is 25.7 Å². The summed E-state index contributed by atoms with van der Waals surface area (Å²) < 4.78 is 5.56. The van der Waals surface area contributed by atoms with E-state index in [0.717, 1.165) is 32.2 Å². The van der Waals surface area contributed by atoms with Gasteiger partial charge in [-0.3, -0.25) is 4.90 Å². The van der Waals surface area contributed by atoms with E-state index in [-0.39, 0.29) is 5.56 Å². The molecule has 0 atom stereocenters. The third-order valence-electron chi connectivity index (χ3n) is 3.69. The van der Waals surface area contributed by atoms with Gasteiger partial charge in [-0.05, 0) is 43.7 Å². The van der Waals surface area contributed by atoms with E-state index in [2.05, 4.69) is 17.1 Å². The molecule has 1 aromatic carbocycles. The van der Waals surface area contributed by atoms with Gasteiger partial charge in [-0.25, -0.2) is 4.79 Å². The SMILES string of the molecule is CCN(CCNCCOc1ccc(C(=O)O)cc1)C1CC1. The lowest BCUT2D eigenvalue weighted by Gasteiger charge is -2.19. The number of hydrogen-bond acceptors (Lipinski definition) is 4. The summed E-state index contributed by atoms with van der Waals surface area (Å²) in [5.74, 6) is -0.214. The fraction of sp³-hybridized carbons (Fsp3) is 0.562. The lowest BCUT2D eigenvalue weighted by Crippen LogP contribution is -2.34. The molecule has 1 aromatic rings. The van der Waals surface area contributed by atoms with Crippen LogP contribution in [0.25, 0.3) is 0 Å². The molecule has 0 saturated heterocycles. The van der Waals surface area contributed by atoms with E-state index in [9.17, 15) is 4.79 Å². The standard InChI is InChI=1S/C16H24N2O3/c1-2-18(14-5-6-14)11-9-17-10-12-21-15-7-3-13(4-8-15)16(19)20/h3-4,7-8,14,17H,2,5-6,9-12H2,1H3,(H,19,20). The van der Waals surface area contributed by atoms with Crippen LogP contribution in [0, 0.1) is 0 Å². The molecule has 1 saturated carbocycles. The number of benzene rings is 1. The molecule has 5 nitrogen and oxygen atoms in total. The smallest absolute Gasteiger partial charge is 0.335 e. The van der Waals surface area contributed by atoms with Gasteiger partial charge in [-0.1, -0.05) is 6.92 Å². The summed E-state index contributed by atoms with van der Waals surface area (Å²) in [6, 6.07) is 7.31. The summed E-state index contributed by atoms with van der Waals surface area (Å²) in [6.45, 7) is 6.78. The number of carbonyl (C=O) groups is 1. The van der Waals surface area contributed by atoms with Crippen LogP contribution in [0.1, 0.15) is 30.1 Å². The van der Waals surface area contributed by atoms with Gasteiger partial charge in [-0.2, -0.15) is 0 Å². The Kier molecular flexibility index (Phi) is 6.02. The topological polar surface area (TPSA) is 61.8 Å². The molecule has 116 valence electrons. The van der Waals surface area contributed by atoms with Gasteiger partial charge < -0.3 is 15.2 Å². The molecule has 0 heterocycles. The van der Waals surface area contributed by atoms with Gasteiger partial charge in [0.2, 0.25) is 0 Å². The molecule has 2 rings (SSSR count). The van der Waals surface area contributed by atoms with Gasteiger partial charge in [-0.15, -0.1) is 0 Å². The highest BCUT2D eigenvalue weighted by Crippen LogP contribution is 2.25. The molecule has 1 aliphatic carbocycles. The van der Waals surface area contributed by atoms with Crippen molar-refractivity contribution in [3.8, 4) is 5.75 Å². The van der Waals surface area contributed by atoms with Crippen LogP contribution in [-0.2, 0) is 0 Å². The fourth-order valence-electron chi connectivity index (χ4n) is 2.32. The predicted molar refractivity (Wildman–Crippen MR) is 82.0 cm³/mol. The molecular formula is C16H24N2O3. The largest absolute Gasteiger partial charge is 0.492 e. The summed E-state index contributed by atoms with van der Waals surface area (Å²) in [7, 11) is 0. The van der Waals surface area contributed by atoms with Crippen molar-refractivity contribution in [2.24, 2.45) is 0 Å². The van der Waals surface area contributed by atoms with Gasteiger partial charge in [0.15, 0.2) is 0 Å². The van der Waals surface area contributed by atoms with Crippen LogP contribution < -0.4 is 10.1 Å². The molecule has 5 heteroatoms. The highest BCUT2D eigenvalue weighted by atomic mass is 16.5. The molecule has 0 aliphatic heterocycles. The number of nitrogens with one attached hydrogen (secondary N) is 1. The van der Waals surface area contributed by atoms with E-state index in [0.29, 0.717) is 12.4 Å². The van der Waals surface area contributed by atoms with Crippen LogP contribution in [0.4, 0.5) is 0 Å². The number of carboxylic acid groups (broad SMARTS) is 1. The number of ether oxygens (including phenoxy) is 1. The van der Waals surface area contributed by atoms with Crippen LogP contribution in [0.15, 0.2) is 24.3 Å². The van der Waals surface area contributed by atoms with Crippen LogP contribution in [0.3, 0.4) is 0 Å². The van der Waals surface area contributed by atoms with Crippen molar-refractivity contribution in [1.82, 2.24) is 10.2 Å². The van der Waals surface area contributed by atoms with Crippen molar-refractivity contribution in [1.29, 1.82) is 0 Å². The third kappa shape index (κ3) is 5.36. The Morgan fingerprint density at radius 1 is 1.33 bits per heavy atom. The molecule has 0 bridgehead atoms. The van der Waals surface area contributed by atoms with Gasteiger partial charge in [0.25, 0.3) is 0 Å². The van der Waals surface area contributed by atoms with Crippen LogP contribution >= 0.6 is 0 Å². The van der Waals surface area contributed by atoms with E-state index < -0.39 is 5.97 Å². The van der Waals surface area contributed by atoms with E-state index in [1.807, 2.05) is 0 Å². The number of aromatic carboxylic acids is 1. The maximum Gasteiger partial charge on any atom is 0.335 e. The van der Waals surface area contributed by atoms with E-state index in [4.69, 9.17) is 9.84 Å². The quantitative estimate of drug-likeness (QED) is 0.644. The molecule has 1 aliphatic rings. The number of carboxylic acids is 1. The van der Waals surface area contributed by atoms with Crippen molar-refractivity contribution in [3.05, 3.63) is 29.8 Å². The second-order valence-electron chi connectivity index (χ2n) is 5.29. The van der Waals surface area contributed by atoms with Crippen LogP contribution in [-0.4, -0.2) is 54.8 Å². The minimum absolute atomic E-state index is 0.278. The molecule has 1 fully saturated rings. The first-order valence-corrected chi connectivity index (χ1v) is 7.61. The Labute approximate surface area is 125 Å². The van der Waals surface area contributed by atoms with Gasteiger partial charge in [0.1, 0.15) is 12.4 Å². The molecule has 0 radical (unpaired) electrons. The molecule has 2 N–H and O–H groups in total. The average molecular weight is 292 g/mol. The first-order valence-electron chi connectivity index (χ1n) is 7.61. The minimum atomic E-state index is -0.917. The highest BCUT2D eigenvalue weighted by Gasteiger charge is 2.26. The Hall–Kier alpha value is -1.59. The first-order chi connectivity index (χ1) is 10.2. The fourth-order valence-corrected chi connectivity index (χ4v) is 2.32. The number of hydrogen-bond donors (Lipinski definition) is 2. The van der Waals surface area contributed by atoms with Crippen LogP contribution in [0.5, 0.6) is 5.75 Å². The molecule has 0 unspecified atom stereocenters. The van der Waals surface area contributed by atoms with Gasteiger partial charge in [0.05, 0.1) is 5.56 Å². The Bertz CT molecular complexity index is 443. The third-order valence-corrected chi connectivity index (χ3v) is 3.69. The Morgan fingerprint density at radius 2 is 2.05 bits per heavy atom. The molecule has 21 heavy (non-hydrogen) atoms. The average Bonchev–Trinajstić information content (AvgIpc) is 3.31. The predicted octanol–water partition coefficient (Wildman–Crippen LogP) is 1.84. The maximum absolute atomic E-state index is 10.7. The lowest BCUT2D eigenvalue weighted by atomic mass is 10.2. The Morgan fingerprint density at radius 3 is 2.62 bits per heavy atom. The van der Waals surface area contributed by atoms with Crippen LogP contribution in [0.2, 0.25) is 0 Å². The van der Waals surface area contributed by atoms with Crippen molar-refractivity contribution in [2.75, 3.05) is 32.8 Å². The number of rotatable bonds is 10. The first kappa shape index (κ1) is 15.8. The maximum atomic E-state index is 10.7. The Balaban J connectivity index is 1.55. The van der Waals surface area contributed by atoms with E-state index in [1.165, 1.54) is 12.8 Å². The lowest BCUT2D eigenvalue weighted by molar-refractivity contribution is 0.0697. The molecular weight excluding hydrogens is 268 g/mol. The second kappa shape index (κ2) is 8.00. The molecule has 0 amide bonds. The number of likely N-dealkylation sites (N-methyl/N-ethyl adjacent to an activating group) is 1. The zero-order valence-corrected chi connectivity index (χ0v) is 12.5. The normalized spacial score (nSPS) is 14.4.